The van der Waals surface area contributed by atoms with Gasteiger partial charge < -0.3 is 32.3 Å². The zero-order valence-electron chi connectivity index (χ0n) is 12.3. The van der Waals surface area contributed by atoms with E-state index in [1.54, 1.807) is 0 Å². The number of hydrogen-bond acceptors (Lipinski definition) is 6. The molecule has 11 nitrogen and oxygen atoms in total. The third kappa shape index (κ3) is 9.79. The molecule has 0 bridgehead atoms. The first kappa shape index (κ1) is 20.3. The van der Waals surface area contributed by atoms with Gasteiger partial charge in [-0.1, -0.05) is 0 Å². The average molecular weight is 332 g/mol. The molecule has 2 atom stereocenters. The van der Waals surface area contributed by atoms with Crippen molar-refractivity contribution in [2.75, 3.05) is 6.54 Å². The van der Waals surface area contributed by atoms with E-state index >= 15 is 0 Å². The van der Waals surface area contributed by atoms with Crippen molar-refractivity contribution in [2.24, 2.45) is 11.5 Å². The van der Waals surface area contributed by atoms with Crippen LogP contribution in [0.3, 0.4) is 0 Å². The van der Waals surface area contributed by atoms with Crippen LogP contribution in [0.1, 0.15) is 25.7 Å². The third-order valence-corrected chi connectivity index (χ3v) is 2.73. The van der Waals surface area contributed by atoms with E-state index < -0.39 is 54.7 Å². The zero-order chi connectivity index (χ0) is 18.0. The van der Waals surface area contributed by atoms with Gasteiger partial charge in [-0.2, -0.15) is 0 Å². The first-order valence-corrected chi connectivity index (χ1v) is 6.69. The van der Waals surface area contributed by atoms with E-state index in [1.165, 1.54) is 0 Å². The maximum Gasteiger partial charge on any atom is 0.322 e. The SMILES string of the molecule is NC(=O)CCC(N)C(=O)NC(CCC(=O)O)C(=O)NCC(=O)O. The van der Waals surface area contributed by atoms with Gasteiger partial charge in [-0.3, -0.25) is 24.0 Å². The topological polar surface area (TPSA) is 202 Å². The summed E-state index contributed by atoms with van der Waals surface area (Å²) < 4.78 is 0. The largest absolute Gasteiger partial charge is 0.481 e. The van der Waals surface area contributed by atoms with Crippen LogP contribution < -0.4 is 22.1 Å². The number of primary amides is 1. The third-order valence-electron chi connectivity index (χ3n) is 2.73. The van der Waals surface area contributed by atoms with Gasteiger partial charge in [0, 0.05) is 12.8 Å². The molecule has 0 saturated heterocycles. The van der Waals surface area contributed by atoms with Crippen LogP contribution in [0, 0.1) is 0 Å². The normalized spacial score (nSPS) is 12.7. The maximum absolute atomic E-state index is 11.8. The molecule has 23 heavy (non-hydrogen) atoms. The molecule has 0 aromatic heterocycles. The van der Waals surface area contributed by atoms with Crippen molar-refractivity contribution in [3.05, 3.63) is 0 Å². The number of rotatable bonds is 11. The molecule has 0 aliphatic heterocycles. The molecule has 3 amide bonds. The first-order valence-electron chi connectivity index (χ1n) is 6.69. The Bertz CT molecular complexity index is 480. The molecule has 0 radical (unpaired) electrons. The van der Waals surface area contributed by atoms with Crippen LogP contribution in [0.5, 0.6) is 0 Å². The van der Waals surface area contributed by atoms with Crippen molar-refractivity contribution in [1.29, 1.82) is 0 Å². The predicted molar refractivity (Wildman–Crippen MR) is 75.8 cm³/mol. The molecule has 0 aromatic rings. The van der Waals surface area contributed by atoms with E-state index in [0.717, 1.165) is 0 Å². The molecule has 0 saturated carbocycles. The molecule has 0 aliphatic rings. The van der Waals surface area contributed by atoms with Crippen molar-refractivity contribution in [2.45, 2.75) is 37.8 Å². The van der Waals surface area contributed by atoms with Crippen LogP contribution in [0.2, 0.25) is 0 Å². The molecule has 0 spiro atoms. The second-order valence-corrected chi connectivity index (χ2v) is 4.72. The summed E-state index contributed by atoms with van der Waals surface area (Å²) in [6, 6.07) is -2.36. The van der Waals surface area contributed by atoms with Crippen LogP contribution in [-0.2, 0) is 24.0 Å². The Hall–Kier alpha value is -2.69. The fourth-order valence-corrected chi connectivity index (χ4v) is 1.53. The lowest BCUT2D eigenvalue weighted by Gasteiger charge is -2.19. The summed E-state index contributed by atoms with van der Waals surface area (Å²) in [6.45, 7) is -0.675. The summed E-state index contributed by atoms with van der Waals surface area (Å²) in [7, 11) is 0. The fourth-order valence-electron chi connectivity index (χ4n) is 1.53. The maximum atomic E-state index is 11.8. The van der Waals surface area contributed by atoms with Gasteiger partial charge in [-0.25, -0.2) is 0 Å². The highest BCUT2D eigenvalue weighted by molar-refractivity contribution is 5.91. The number of carboxylic acid groups (broad SMARTS) is 2. The van der Waals surface area contributed by atoms with Crippen molar-refractivity contribution in [3.63, 3.8) is 0 Å². The lowest BCUT2D eigenvalue weighted by Crippen LogP contribution is -2.52. The van der Waals surface area contributed by atoms with Crippen LogP contribution in [0.4, 0.5) is 0 Å². The Morgan fingerprint density at radius 1 is 0.913 bits per heavy atom. The summed E-state index contributed by atoms with van der Waals surface area (Å²) in [5.41, 5.74) is 10.5. The Balaban J connectivity index is 4.68. The van der Waals surface area contributed by atoms with Gasteiger partial charge in [0.05, 0.1) is 6.04 Å². The van der Waals surface area contributed by atoms with Crippen LogP contribution in [-0.4, -0.2) is 58.5 Å². The van der Waals surface area contributed by atoms with E-state index in [0.29, 0.717) is 0 Å². The van der Waals surface area contributed by atoms with Gasteiger partial charge in [0.15, 0.2) is 0 Å². The van der Waals surface area contributed by atoms with Gasteiger partial charge in [0.2, 0.25) is 17.7 Å². The fraction of sp³-hybridized carbons (Fsp3) is 0.583. The van der Waals surface area contributed by atoms with Crippen LogP contribution in [0.25, 0.3) is 0 Å². The second-order valence-electron chi connectivity index (χ2n) is 4.72. The molecule has 0 aromatic carbocycles. The quantitative estimate of drug-likeness (QED) is 0.231. The number of aliphatic carboxylic acids is 2. The summed E-state index contributed by atoms with van der Waals surface area (Å²) in [5.74, 6) is -4.74. The van der Waals surface area contributed by atoms with Crippen molar-refractivity contribution in [1.82, 2.24) is 10.6 Å². The minimum Gasteiger partial charge on any atom is -0.481 e. The lowest BCUT2D eigenvalue weighted by atomic mass is 10.1. The smallest absolute Gasteiger partial charge is 0.322 e. The molecule has 11 heteroatoms. The summed E-state index contributed by atoms with van der Waals surface area (Å²) in [5, 5.41) is 21.4. The van der Waals surface area contributed by atoms with E-state index in [2.05, 4.69) is 5.32 Å². The number of carbonyl (C=O) groups excluding carboxylic acids is 3. The monoisotopic (exact) mass is 332 g/mol. The molecule has 130 valence electrons. The number of carbonyl (C=O) groups is 5. The standard InChI is InChI=1S/C12H20N4O7/c13-6(1-3-8(14)17)11(22)16-7(2-4-9(18)19)12(23)15-5-10(20)21/h6-7H,1-5,13H2,(H2,14,17)(H,15,23)(H,16,22)(H,18,19)(H,20,21). The summed E-state index contributed by atoms with van der Waals surface area (Å²) >= 11 is 0. The van der Waals surface area contributed by atoms with E-state index in [1.807, 2.05) is 5.32 Å². The van der Waals surface area contributed by atoms with Gasteiger partial charge >= 0.3 is 11.9 Å². The lowest BCUT2D eigenvalue weighted by molar-refractivity contribution is -0.140. The minimum atomic E-state index is -1.29. The number of hydrogen-bond donors (Lipinski definition) is 6. The molecular formula is C12H20N4O7. The summed E-state index contributed by atoms with van der Waals surface area (Å²) in [6.07, 6.45) is -0.819. The van der Waals surface area contributed by atoms with Crippen LogP contribution in [0.15, 0.2) is 0 Å². The highest BCUT2D eigenvalue weighted by atomic mass is 16.4. The van der Waals surface area contributed by atoms with Crippen LogP contribution >= 0.6 is 0 Å². The van der Waals surface area contributed by atoms with Crippen molar-refractivity contribution in [3.8, 4) is 0 Å². The minimum absolute atomic E-state index is 0.0381. The molecule has 0 fully saturated rings. The average Bonchev–Trinajstić information content (AvgIpc) is 2.45. The van der Waals surface area contributed by atoms with Gasteiger partial charge in [0.1, 0.15) is 12.6 Å². The number of carboxylic acids is 2. The molecular weight excluding hydrogens is 312 g/mol. The van der Waals surface area contributed by atoms with Gasteiger partial charge in [-0.05, 0) is 12.8 Å². The van der Waals surface area contributed by atoms with E-state index in [4.69, 9.17) is 21.7 Å². The van der Waals surface area contributed by atoms with E-state index in [-0.39, 0.29) is 19.3 Å². The Morgan fingerprint density at radius 2 is 1.52 bits per heavy atom. The highest BCUT2D eigenvalue weighted by Gasteiger charge is 2.24. The molecule has 0 aliphatic carbocycles. The number of amides is 3. The predicted octanol–water partition coefficient (Wildman–Crippen LogP) is -2.87. The zero-order valence-corrected chi connectivity index (χ0v) is 12.3. The van der Waals surface area contributed by atoms with E-state index in [9.17, 15) is 24.0 Å². The second kappa shape index (κ2) is 10.1. The number of nitrogens with two attached hydrogens (primary N) is 2. The molecule has 0 rings (SSSR count). The molecule has 2 unspecified atom stereocenters. The molecule has 8 N–H and O–H groups in total. The van der Waals surface area contributed by atoms with Gasteiger partial charge in [-0.15, -0.1) is 0 Å². The van der Waals surface area contributed by atoms with Gasteiger partial charge in [0.25, 0.3) is 0 Å². The summed E-state index contributed by atoms with van der Waals surface area (Å²) in [4.78, 5) is 55.2. The Kier molecular flexibility index (Phi) is 8.92. The Labute approximate surface area is 131 Å². The molecule has 0 heterocycles. The first-order chi connectivity index (χ1) is 10.6. The highest BCUT2D eigenvalue weighted by Crippen LogP contribution is 2.01. The Morgan fingerprint density at radius 3 is 2.00 bits per heavy atom. The van der Waals surface area contributed by atoms with Crippen molar-refractivity contribution < 1.29 is 34.2 Å². The number of nitrogens with one attached hydrogen (secondary N) is 2. The van der Waals surface area contributed by atoms with Crippen molar-refractivity contribution >= 4 is 29.7 Å².